The van der Waals surface area contributed by atoms with Crippen LogP contribution in [-0.4, -0.2) is 49.5 Å². The standard InChI is InChI=1S/C26H29N5O4S2/c1-4-35-16-15-31-24-20(3)17-19(2)18-23(24)36-26(31)29-25(32)21-7-9-22(10-8-21)37(33,34)30(13-5-11-27)14-6-12-28/h7-10,17-18H,4-6,13-16H2,1-3H3. The summed E-state index contributed by atoms with van der Waals surface area (Å²) in [6.07, 6.45) is 0.0230. The third kappa shape index (κ3) is 6.70. The van der Waals surface area contributed by atoms with Gasteiger partial charge in [0.25, 0.3) is 5.91 Å². The summed E-state index contributed by atoms with van der Waals surface area (Å²) in [6, 6.07) is 13.6. The zero-order valence-corrected chi connectivity index (χ0v) is 22.7. The molecule has 1 heterocycles. The van der Waals surface area contributed by atoms with Crippen molar-refractivity contribution in [2.24, 2.45) is 4.99 Å². The summed E-state index contributed by atoms with van der Waals surface area (Å²) in [5, 5.41) is 17.7. The van der Waals surface area contributed by atoms with E-state index < -0.39 is 15.9 Å². The highest BCUT2D eigenvalue weighted by Gasteiger charge is 2.24. The Morgan fingerprint density at radius 3 is 2.35 bits per heavy atom. The largest absolute Gasteiger partial charge is 0.380 e. The summed E-state index contributed by atoms with van der Waals surface area (Å²) in [7, 11) is -3.92. The Kier molecular flexibility index (Phi) is 9.73. The molecule has 0 atom stereocenters. The van der Waals surface area contributed by atoms with Crippen LogP contribution in [0.15, 0.2) is 46.3 Å². The Hall–Kier alpha value is -3.35. The molecule has 194 valence electrons. The molecule has 0 aliphatic rings. The van der Waals surface area contributed by atoms with Crippen molar-refractivity contribution in [2.75, 3.05) is 26.3 Å². The van der Waals surface area contributed by atoms with E-state index in [0.29, 0.717) is 24.6 Å². The highest BCUT2D eigenvalue weighted by atomic mass is 32.2. The number of nitriles is 2. The number of ether oxygens (including phenoxy) is 1. The highest BCUT2D eigenvalue weighted by molar-refractivity contribution is 7.89. The molecule has 0 saturated carbocycles. The Morgan fingerprint density at radius 1 is 1.11 bits per heavy atom. The zero-order valence-electron chi connectivity index (χ0n) is 21.1. The van der Waals surface area contributed by atoms with Crippen LogP contribution in [0, 0.1) is 36.5 Å². The normalized spacial score (nSPS) is 12.1. The summed E-state index contributed by atoms with van der Waals surface area (Å²) in [4.78, 5) is 18.0. The van der Waals surface area contributed by atoms with Crippen molar-refractivity contribution < 1.29 is 17.9 Å². The number of thiazole rings is 1. The van der Waals surface area contributed by atoms with Crippen LogP contribution >= 0.6 is 11.3 Å². The first-order chi connectivity index (χ1) is 17.7. The molecule has 3 aromatic rings. The van der Waals surface area contributed by atoms with E-state index in [-0.39, 0.29) is 36.4 Å². The van der Waals surface area contributed by atoms with Gasteiger partial charge in [-0.2, -0.15) is 19.8 Å². The summed E-state index contributed by atoms with van der Waals surface area (Å²) in [5.74, 6) is -0.485. The third-order valence-electron chi connectivity index (χ3n) is 5.66. The van der Waals surface area contributed by atoms with Gasteiger partial charge in [-0.15, -0.1) is 0 Å². The Balaban J connectivity index is 1.95. The van der Waals surface area contributed by atoms with E-state index in [9.17, 15) is 13.2 Å². The molecule has 0 aliphatic heterocycles. The van der Waals surface area contributed by atoms with Gasteiger partial charge in [0, 0.05) is 44.6 Å². The van der Waals surface area contributed by atoms with Gasteiger partial charge in [0.15, 0.2) is 4.80 Å². The molecule has 11 heteroatoms. The molecule has 0 aliphatic carbocycles. The number of rotatable bonds is 11. The maximum absolute atomic E-state index is 13.1. The van der Waals surface area contributed by atoms with Gasteiger partial charge >= 0.3 is 0 Å². The third-order valence-corrected chi connectivity index (χ3v) is 8.60. The number of carbonyl (C=O) groups excluding carboxylic acids is 1. The maximum Gasteiger partial charge on any atom is 0.279 e. The molecule has 0 N–H and O–H groups in total. The lowest BCUT2D eigenvalue weighted by atomic mass is 10.1. The fourth-order valence-corrected chi connectivity index (χ4v) is 6.63. The molecule has 0 bridgehead atoms. The first kappa shape index (κ1) is 28.2. The number of aryl methyl sites for hydroxylation is 2. The molecule has 2 aromatic carbocycles. The minimum absolute atomic E-state index is 0.0108. The van der Waals surface area contributed by atoms with E-state index in [1.807, 2.05) is 37.5 Å². The van der Waals surface area contributed by atoms with Gasteiger partial charge in [-0.3, -0.25) is 4.79 Å². The predicted molar refractivity (Wildman–Crippen MR) is 141 cm³/mol. The minimum Gasteiger partial charge on any atom is -0.380 e. The van der Waals surface area contributed by atoms with E-state index in [2.05, 4.69) is 17.1 Å². The van der Waals surface area contributed by atoms with E-state index in [1.54, 1.807) is 0 Å². The number of carbonyl (C=O) groups is 1. The average molecular weight is 540 g/mol. The lowest BCUT2D eigenvalue weighted by Crippen LogP contribution is -2.32. The molecular weight excluding hydrogens is 510 g/mol. The Bertz CT molecular complexity index is 1510. The van der Waals surface area contributed by atoms with Crippen LogP contribution in [0.5, 0.6) is 0 Å². The lowest BCUT2D eigenvalue weighted by Gasteiger charge is -2.20. The van der Waals surface area contributed by atoms with Crippen molar-refractivity contribution >= 4 is 37.5 Å². The lowest BCUT2D eigenvalue weighted by molar-refractivity contribution is 0.0996. The molecule has 0 unspecified atom stereocenters. The highest BCUT2D eigenvalue weighted by Crippen LogP contribution is 2.23. The van der Waals surface area contributed by atoms with Crippen molar-refractivity contribution in [1.82, 2.24) is 8.87 Å². The Morgan fingerprint density at radius 2 is 1.76 bits per heavy atom. The summed E-state index contributed by atoms with van der Waals surface area (Å²) in [5.41, 5.74) is 3.47. The minimum atomic E-state index is -3.92. The van der Waals surface area contributed by atoms with Gasteiger partial charge in [0.05, 0.1) is 33.9 Å². The van der Waals surface area contributed by atoms with E-state index in [1.165, 1.54) is 35.6 Å². The monoisotopic (exact) mass is 539 g/mol. The first-order valence-corrected chi connectivity index (χ1v) is 14.1. The van der Waals surface area contributed by atoms with Crippen LogP contribution in [-0.2, 0) is 21.3 Å². The molecule has 9 nitrogen and oxygen atoms in total. The number of nitrogens with zero attached hydrogens (tertiary/aromatic N) is 5. The predicted octanol–water partition coefficient (Wildman–Crippen LogP) is 3.92. The zero-order chi connectivity index (χ0) is 27.0. The molecule has 0 spiro atoms. The van der Waals surface area contributed by atoms with E-state index >= 15 is 0 Å². The van der Waals surface area contributed by atoms with Crippen LogP contribution in [0.1, 0.15) is 41.3 Å². The second-order valence-corrected chi connectivity index (χ2v) is 11.3. The molecule has 0 fully saturated rings. The molecule has 0 radical (unpaired) electrons. The second-order valence-electron chi connectivity index (χ2n) is 8.32. The first-order valence-electron chi connectivity index (χ1n) is 11.8. The van der Waals surface area contributed by atoms with Gasteiger partial charge in [0.1, 0.15) is 0 Å². The number of sulfonamides is 1. The number of aromatic nitrogens is 1. The van der Waals surface area contributed by atoms with Crippen molar-refractivity contribution in [3.63, 3.8) is 0 Å². The van der Waals surface area contributed by atoms with Crippen molar-refractivity contribution in [1.29, 1.82) is 10.5 Å². The van der Waals surface area contributed by atoms with Gasteiger partial charge < -0.3 is 9.30 Å². The molecule has 1 aromatic heterocycles. The number of benzene rings is 2. The van der Waals surface area contributed by atoms with Crippen LogP contribution in [0.3, 0.4) is 0 Å². The van der Waals surface area contributed by atoms with Crippen LogP contribution in [0.4, 0.5) is 0 Å². The Labute approximate surface area is 220 Å². The number of fused-ring (bicyclic) bond motifs is 1. The maximum atomic E-state index is 13.1. The fourth-order valence-electron chi connectivity index (χ4n) is 3.96. The molecule has 3 rings (SSSR count). The van der Waals surface area contributed by atoms with Crippen molar-refractivity contribution in [3.8, 4) is 12.1 Å². The number of hydrogen-bond donors (Lipinski definition) is 0. The van der Waals surface area contributed by atoms with Crippen LogP contribution in [0.25, 0.3) is 10.2 Å². The molecule has 37 heavy (non-hydrogen) atoms. The van der Waals surface area contributed by atoms with Gasteiger partial charge in [0.2, 0.25) is 10.0 Å². The number of hydrogen-bond acceptors (Lipinski definition) is 7. The number of amides is 1. The van der Waals surface area contributed by atoms with E-state index in [4.69, 9.17) is 15.3 Å². The topological polar surface area (TPSA) is 129 Å². The van der Waals surface area contributed by atoms with Gasteiger partial charge in [-0.1, -0.05) is 17.4 Å². The molecular formula is C26H29N5O4S2. The molecule has 0 saturated heterocycles. The van der Waals surface area contributed by atoms with Gasteiger partial charge in [-0.05, 0) is 62.2 Å². The molecule has 1 amide bonds. The average Bonchev–Trinajstić information content (AvgIpc) is 3.21. The second kappa shape index (κ2) is 12.7. The van der Waals surface area contributed by atoms with Crippen LogP contribution < -0.4 is 4.80 Å². The van der Waals surface area contributed by atoms with Crippen molar-refractivity contribution in [2.45, 2.75) is 45.1 Å². The SMILES string of the molecule is CCOCCn1c(=NC(=O)c2ccc(S(=O)(=O)N(CCC#N)CCC#N)cc2)sc2cc(C)cc(C)c21. The fraction of sp³-hybridized carbons (Fsp3) is 0.385. The summed E-state index contributed by atoms with van der Waals surface area (Å²) < 4.78 is 35.7. The van der Waals surface area contributed by atoms with E-state index in [0.717, 1.165) is 25.6 Å². The van der Waals surface area contributed by atoms with Crippen LogP contribution in [0.2, 0.25) is 0 Å². The van der Waals surface area contributed by atoms with Crippen molar-refractivity contribution in [3.05, 3.63) is 57.9 Å². The van der Waals surface area contributed by atoms with Gasteiger partial charge in [-0.25, -0.2) is 8.42 Å². The summed E-state index contributed by atoms with van der Waals surface area (Å²) in [6.45, 7) is 7.57. The quantitative estimate of drug-likeness (QED) is 0.340. The smallest absolute Gasteiger partial charge is 0.279 e. The summed E-state index contributed by atoms with van der Waals surface area (Å²) >= 11 is 1.42.